The van der Waals surface area contributed by atoms with E-state index >= 15 is 0 Å². The van der Waals surface area contributed by atoms with Gasteiger partial charge in [-0.3, -0.25) is 4.79 Å². The number of nitrogens with zero attached hydrogens (tertiary/aromatic N) is 2. The van der Waals surface area contributed by atoms with Crippen LogP contribution in [0.1, 0.15) is 23.3 Å². The van der Waals surface area contributed by atoms with E-state index in [-0.39, 0.29) is 18.0 Å². The Labute approximate surface area is 145 Å². The van der Waals surface area contributed by atoms with E-state index in [9.17, 15) is 13.2 Å². The van der Waals surface area contributed by atoms with Crippen molar-refractivity contribution in [2.24, 2.45) is 13.0 Å². The van der Waals surface area contributed by atoms with Crippen LogP contribution in [0.15, 0.2) is 40.1 Å². The van der Waals surface area contributed by atoms with Gasteiger partial charge in [-0.2, -0.15) is 0 Å². The number of sulfonamides is 1. The van der Waals surface area contributed by atoms with Crippen LogP contribution < -0.4 is 4.72 Å². The van der Waals surface area contributed by atoms with Crippen molar-refractivity contribution >= 4 is 27.3 Å². The van der Waals surface area contributed by atoms with Gasteiger partial charge in [-0.1, -0.05) is 6.07 Å². The molecule has 8 heteroatoms. The van der Waals surface area contributed by atoms with Gasteiger partial charge in [0.2, 0.25) is 10.0 Å². The largest absolute Gasteiger partial charge is 0.347 e. The summed E-state index contributed by atoms with van der Waals surface area (Å²) in [6, 6.07) is 6.71. The smallest absolute Gasteiger partial charge is 0.270 e. The lowest BCUT2D eigenvalue weighted by Crippen LogP contribution is -2.52. The first-order valence-electron chi connectivity index (χ1n) is 7.94. The van der Waals surface area contributed by atoms with Gasteiger partial charge in [-0.25, -0.2) is 13.1 Å². The molecular weight excluding hydrogens is 346 g/mol. The van der Waals surface area contributed by atoms with Crippen LogP contribution in [0, 0.1) is 5.92 Å². The monoisotopic (exact) mass is 365 g/mol. The van der Waals surface area contributed by atoms with Gasteiger partial charge in [0, 0.05) is 31.9 Å². The summed E-state index contributed by atoms with van der Waals surface area (Å²) in [6.07, 6.45) is 3.51. The van der Waals surface area contributed by atoms with Crippen LogP contribution in [0.2, 0.25) is 0 Å². The molecule has 24 heavy (non-hydrogen) atoms. The average molecular weight is 365 g/mol. The maximum atomic E-state index is 12.8. The third kappa shape index (κ3) is 2.58. The fraction of sp³-hybridized carbons (Fsp3) is 0.438. The van der Waals surface area contributed by atoms with Crippen molar-refractivity contribution in [3.63, 3.8) is 0 Å². The molecule has 1 saturated carbocycles. The van der Waals surface area contributed by atoms with Gasteiger partial charge in [0.25, 0.3) is 5.91 Å². The second-order valence-electron chi connectivity index (χ2n) is 6.53. The first-order valence-corrected chi connectivity index (χ1v) is 10.3. The van der Waals surface area contributed by atoms with Crippen LogP contribution in [0.3, 0.4) is 0 Å². The molecule has 1 aliphatic carbocycles. The number of aryl methyl sites for hydroxylation is 1. The van der Waals surface area contributed by atoms with E-state index in [4.69, 9.17) is 0 Å². The highest BCUT2D eigenvalue weighted by molar-refractivity contribution is 7.91. The zero-order valence-corrected chi connectivity index (χ0v) is 14.9. The Bertz CT molecular complexity index is 857. The number of carbonyl (C=O) groups is 1. The summed E-state index contributed by atoms with van der Waals surface area (Å²) in [4.78, 5) is 14.6. The molecule has 2 aromatic heterocycles. The summed E-state index contributed by atoms with van der Waals surface area (Å²) in [5.41, 5.74) is 0.641. The molecule has 3 atom stereocenters. The standard InChI is InChI=1S/C16H19N3O3S2/c1-18-6-2-4-13(18)16(20)19-10-11-8-12(14(19)9-11)17-24(21,22)15-5-3-7-23-15/h2-7,11-12,14,17H,8-10H2,1H3. The molecule has 1 saturated heterocycles. The number of amides is 1. The molecule has 1 amide bonds. The molecular formula is C16H19N3O3S2. The molecule has 2 aromatic rings. The number of hydrogen-bond acceptors (Lipinski definition) is 4. The molecule has 1 aliphatic heterocycles. The average Bonchev–Trinajstić information content (AvgIpc) is 3.30. The molecule has 1 N–H and O–H groups in total. The Morgan fingerprint density at radius 1 is 1.29 bits per heavy atom. The van der Waals surface area contributed by atoms with Crippen molar-refractivity contribution in [3.8, 4) is 0 Å². The van der Waals surface area contributed by atoms with Crippen molar-refractivity contribution in [2.45, 2.75) is 29.1 Å². The zero-order valence-electron chi connectivity index (χ0n) is 13.3. The Morgan fingerprint density at radius 2 is 2.12 bits per heavy atom. The maximum Gasteiger partial charge on any atom is 0.270 e. The van der Waals surface area contributed by atoms with E-state index in [2.05, 4.69) is 4.72 Å². The third-order valence-electron chi connectivity index (χ3n) is 4.97. The lowest BCUT2D eigenvalue weighted by Gasteiger charge is -2.33. The molecule has 128 valence electrons. The first-order chi connectivity index (χ1) is 11.5. The van der Waals surface area contributed by atoms with Crippen molar-refractivity contribution in [3.05, 3.63) is 41.5 Å². The van der Waals surface area contributed by atoms with E-state index in [1.807, 2.05) is 24.2 Å². The van der Waals surface area contributed by atoms with Gasteiger partial charge in [-0.15, -0.1) is 11.3 Å². The van der Waals surface area contributed by atoms with E-state index in [0.29, 0.717) is 22.4 Å². The normalized spacial score (nSPS) is 26.2. The Kier molecular flexibility index (Phi) is 3.78. The summed E-state index contributed by atoms with van der Waals surface area (Å²) in [5, 5.41) is 1.75. The van der Waals surface area contributed by atoms with Crippen molar-refractivity contribution in [1.29, 1.82) is 0 Å². The van der Waals surface area contributed by atoms with Crippen LogP contribution in [-0.4, -0.2) is 42.4 Å². The number of thiophene rings is 1. The molecule has 6 nitrogen and oxygen atoms in total. The van der Waals surface area contributed by atoms with Crippen molar-refractivity contribution in [1.82, 2.24) is 14.2 Å². The summed E-state index contributed by atoms with van der Waals surface area (Å²) < 4.78 is 29.9. The van der Waals surface area contributed by atoms with Gasteiger partial charge >= 0.3 is 0 Å². The lowest BCUT2D eigenvalue weighted by atomic mass is 10.1. The molecule has 0 radical (unpaired) electrons. The molecule has 2 aliphatic rings. The maximum absolute atomic E-state index is 12.8. The second-order valence-corrected chi connectivity index (χ2v) is 9.42. The lowest BCUT2D eigenvalue weighted by molar-refractivity contribution is 0.0668. The van der Waals surface area contributed by atoms with E-state index in [1.165, 1.54) is 11.3 Å². The van der Waals surface area contributed by atoms with Gasteiger partial charge in [0.15, 0.2) is 0 Å². The van der Waals surface area contributed by atoms with Crippen LogP contribution in [0.25, 0.3) is 0 Å². The SMILES string of the molecule is Cn1cccc1C(=O)N1CC2CC(NS(=O)(=O)c3cccs3)C1C2. The Morgan fingerprint density at radius 3 is 2.75 bits per heavy atom. The molecule has 0 spiro atoms. The zero-order chi connectivity index (χ0) is 16.9. The summed E-state index contributed by atoms with van der Waals surface area (Å²) in [7, 11) is -1.66. The number of likely N-dealkylation sites (tertiary alicyclic amines) is 1. The van der Waals surface area contributed by atoms with E-state index in [0.717, 1.165) is 12.8 Å². The van der Waals surface area contributed by atoms with Gasteiger partial charge in [-0.05, 0) is 42.3 Å². The highest BCUT2D eigenvalue weighted by atomic mass is 32.2. The highest BCUT2D eigenvalue weighted by Gasteiger charge is 2.48. The Balaban J connectivity index is 1.54. The number of fused-ring (bicyclic) bond motifs is 2. The van der Waals surface area contributed by atoms with E-state index in [1.54, 1.807) is 28.1 Å². The number of piperidine rings is 1. The number of hydrogen-bond donors (Lipinski definition) is 1. The van der Waals surface area contributed by atoms with Crippen molar-refractivity contribution in [2.75, 3.05) is 6.54 Å². The Hall–Kier alpha value is -1.64. The first kappa shape index (κ1) is 15.9. The van der Waals surface area contributed by atoms with E-state index < -0.39 is 10.0 Å². The topological polar surface area (TPSA) is 71.4 Å². The minimum absolute atomic E-state index is 0.0185. The van der Waals surface area contributed by atoms with Gasteiger partial charge < -0.3 is 9.47 Å². The second kappa shape index (κ2) is 5.72. The summed E-state index contributed by atoms with van der Waals surface area (Å²) in [5.74, 6) is 0.352. The van der Waals surface area contributed by atoms with Crippen LogP contribution in [0.4, 0.5) is 0 Å². The number of nitrogens with one attached hydrogen (secondary N) is 1. The predicted octanol–water partition coefficient (Wildman–Crippen LogP) is 1.67. The fourth-order valence-electron chi connectivity index (χ4n) is 3.89. The molecule has 4 rings (SSSR count). The number of aromatic nitrogens is 1. The minimum atomic E-state index is -3.51. The highest BCUT2D eigenvalue weighted by Crippen LogP contribution is 2.39. The van der Waals surface area contributed by atoms with Crippen LogP contribution in [0.5, 0.6) is 0 Å². The van der Waals surface area contributed by atoms with Crippen LogP contribution in [-0.2, 0) is 17.1 Å². The summed E-state index contributed by atoms with van der Waals surface area (Å²) in [6.45, 7) is 0.714. The fourth-order valence-corrected chi connectivity index (χ4v) is 6.18. The predicted molar refractivity (Wildman–Crippen MR) is 91.4 cm³/mol. The molecule has 2 fully saturated rings. The molecule has 0 aromatic carbocycles. The molecule has 2 bridgehead atoms. The third-order valence-corrected chi connectivity index (χ3v) is 7.86. The minimum Gasteiger partial charge on any atom is -0.347 e. The van der Waals surface area contributed by atoms with Gasteiger partial charge in [0.05, 0.1) is 0 Å². The number of carbonyl (C=O) groups excluding carboxylic acids is 1. The van der Waals surface area contributed by atoms with Crippen molar-refractivity contribution < 1.29 is 13.2 Å². The van der Waals surface area contributed by atoms with Crippen LogP contribution >= 0.6 is 11.3 Å². The molecule has 3 unspecified atom stereocenters. The number of rotatable bonds is 4. The molecule has 3 heterocycles. The quantitative estimate of drug-likeness (QED) is 0.896. The summed E-state index contributed by atoms with van der Waals surface area (Å²) >= 11 is 1.21. The van der Waals surface area contributed by atoms with Gasteiger partial charge in [0.1, 0.15) is 9.90 Å².